The summed E-state index contributed by atoms with van der Waals surface area (Å²) in [5.74, 6) is -0.00784. The molecule has 1 fully saturated rings. The van der Waals surface area contributed by atoms with E-state index in [0.29, 0.717) is 17.8 Å². The highest BCUT2D eigenvalue weighted by atomic mass is 16.2. The molecule has 1 saturated heterocycles. The fourth-order valence-electron chi connectivity index (χ4n) is 2.58. The molecular weight excluding hydrogens is 292 g/mol. The zero-order valence-corrected chi connectivity index (χ0v) is 14.0. The third-order valence-electron chi connectivity index (χ3n) is 3.88. The monoisotopic (exact) mass is 318 g/mol. The predicted molar refractivity (Wildman–Crippen MR) is 92.7 cm³/mol. The van der Waals surface area contributed by atoms with Gasteiger partial charge in [-0.2, -0.15) is 0 Å². The molecule has 1 heterocycles. The second kappa shape index (κ2) is 8.53. The Morgan fingerprint density at radius 2 is 1.83 bits per heavy atom. The van der Waals surface area contributed by atoms with Crippen molar-refractivity contribution in [1.82, 2.24) is 9.80 Å². The molecule has 6 heteroatoms. The molecule has 1 aromatic carbocycles. The average Bonchev–Trinajstić information content (AvgIpc) is 2.72. The van der Waals surface area contributed by atoms with E-state index < -0.39 is 0 Å². The van der Waals surface area contributed by atoms with Crippen LogP contribution in [-0.4, -0.2) is 55.0 Å². The fourth-order valence-corrected chi connectivity index (χ4v) is 2.58. The van der Waals surface area contributed by atoms with E-state index in [4.69, 9.17) is 0 Å². The minimum atomic E-state index is -0.0858. The van der Waals surface area contributed by atoms with Crippen LogP contribution >= 0.6 is 0 Å². The molecule has 0 atom stereocenters. The second-order valence-electron chi connectivity index (χ2n) is 5.95. The first-order chi connectivity index (χ1) is 11.1. The van der Waals surface area contributed by atoms with Crippen LogP contribution in [0.5, 0.6) is 0 Å². The molecule has 2 N–H and O–H groups in total. The summed E-state index contributed by atoms with van der Waals surface area (Å²) in [5, 5.41) is 5.76. The third kappa shape index (κ3) is 5.56. The van der Waals surface area contributed by atoms with Crippen molar-refractivity contribution < 1.29 is 9.59 Å². The van der Waals surface area contributed by atoms with E-state index in [-0.39, 0.29) is 11.9 Å². The first kappa shape index (κ1) is 17.3. The summed E-state index contributed by atoms with van der Waals surface area (Å²) < 4.78 is 0. The molecule has 1 aliphatic rings. The van der Waals surface area contributed by atoms with Gasteiger partial charge in [0.2, 0.25) is 5.91 Å². The summed E-state index contributed by atoms with van der Waals surface area (Å²) in [5.41, 5.74) is 1.40. The van der Waals surface area contributed by atoms with Crippen molar-refractivity contribution in [2.75, 3.05) is 43.9 Å². The lowest BCUT2D eigenvalue weighted by atomic mass is 10.2. The summed E-state index contributed by atoms with van der Waals surface area (Å²) in [4.78, 5) is 28.1. The number of benzene rings is 1. The predicted octanol–water partition coefficient (Wildman–Crippen LogP) is 2.59. The first-order valence-corrected chi connectivity index (χ1v) is 8.23. The van der Waals surface area contributed by atoms with Crippen LogP contribution in [0.15, 0.2) is 24.3 Å². The second-order valence-corrected chi connectivity index (χ2v) is 5.95. The van der Waals surface area contributed by atoms with Crippen molar-refractivity contribution in [3.63, 3.8) is 0 Å². The highest BCUT2D eigenvalue weighted by Crippen LogP contribution is 2.16. The maximum atomic E-state index is 12.4. The Morgan fingerprint density at radius 3 is 2.57 bits per heavy atom. The van der Waals surface area contributed by atoms with Gasteiger partial charge < -0.3 is 20.4 Å². The number of carbonyl (C=O) groups excluding carboxylic acids is 2. The molecule has 126 valence electrons. The number of nitrogens with one attached hydrogen (secondary N) is 2. The van der Waals surface area contributed by atoms with Gasteiger partial charge in [-0.15, -0.1) is 0 Å². The van der Waals surface area contributed by atoms with Gasteiger partial charge >= 0.3 is 6.03 Å². The van der Waals surface area contributed by atoms with Gasteiger partial charge in [-0.3, -0.25) is 4.79 Å². The largest absolute Gasteiger partial charge is 0.326 e. The summed E-state index contributed by atoms with van der Waals surface area (Å²) >= 11 is 0. The SMILES string of the molecule is CCCC(=O)Nc1cccc(NC(=O)N2CCCN(C)CC2)c1. The molecule has 0 saturated carbocycles. The van der Waals surface area contributed by atoms with Crippen molar-refractivity contribution in [2.24, 2.45) is 0 Å². The van der Waals surface area contributed by atoms with E-state index in [1.807, 2.05) is 30.0 Å². The van der Waals surface area contributed by atoms with E-state index in [1.165, 1.54) is 0 Å². The van der Waals surface area contributed by atoms with Crippen LogP contribution in [0.4, 0.5) is 16.2 Å². The summed E-state index contributed by atoms with van der Waals surface area (Å²) in [7, 11) is 2.07. The molecule has 0 aliphatic carbocycles. The van der Waals surface area contributed by atoms with Gasteiger partial charge in [-0.05, 0) is 44.6 Å². The van der Waals surface area contributed by atoms with Gasteiger partial charge in [-0.1, -0.05) is 13.0 Å². The van der Waals surface area contributed by atoms with Crippen molar-refractivity contribution in [3.05, 3.63) is 24.3 Å². The van der Waals surface area contributed by atoms with Crippen LogP contribution < -0.4 is 10.6 Å². The molecule has 1 aromatic rings. The number of rotatable bonds is 4. The molecule has 0 spiro atoms. The number of nitrogens with zero attached hydrogens (tertiary/aromatic N) is 2. The van der Waals surface area contributed by atoms with Crippen LogP contribution in [0.2, 0.25) is 0 Å². The molecule has 6 nitrogen and oxygen atoms in total. The molecule has 1 aliphatic heterocycles. The quantitative estimate of drug-likeness (QED) is 0.897. The number of hydrogen-bond donors (Lipinski definition) is 2. The molecule has 3 amide bonds. The number of anilines is 2. The van der Waals surface area contributed by atoms with Gasteiger partial charge in [0.05, 0.1) is 0 Å². The van der Waals surface area contributed by atoms with Crippen molar-refractivity contribution in [3.8, 4) is 0 Å². The van der Waals surface area contributed by atoms with Crippen LogP contribution in [-0.2, 0) is 4.79 Å². The Morgan fingerprint density at radius 1 is 1.09 bits per heavy atom. The molecule has 2 rings (SSSR count). The number of carbonyl (C=O) groups is 2. The van der Waals surface area contributed by atoms with Crippen LogP contribution in [0, 0.1) is 0 Å². The maximum absolute atomic E-state index is 12.4. The van der Waals surface area contributed by atoms with E-state index in [1.54, 1.807) is 6.07 Å². The Kier molecular flexibility index (Phi) is 6.40. The minimum Gasteiger partial charge on any atom is -0.326 e. The van der Waals surface area contributed by atoms with Crippen LogP contribution in [0.3, 0.4) is 0 Å². The highest BCUT2D eigenvalue weighted by Gasteiger charge is 2.17. The molecule has 0 unspecified atom stereocenters. The van der Waals surface area contributed by atoms with E-state index in [2.05, 4.69) is 22.6 Å². The lowest BCUT2D eigenvalue weighted by Crippen LogP contribution is -2.37. The lowest BCUT2D eigenvalue weighted by molar-refractivity contribution is -0.116. The Labute approximate surface area is 137 Å². The van der Waals surface area contributed by atoms with Crippen molar-refractivity contribution in [1.29, 1.82) is 0 Å². The van der Waals surface area contributed by atoms with E-state index in [9.17, 15) is 9.59 Å². The number of amides is 3. The van der Waals surface area contributed by atoms with Crippen LogP contribution in [0.1, 0.15) is 26.2 Å². The summed E-state index contributed by atoms with van der Waals surface area (Å²) in [6, 6.07) is 7.18. The Hall–Kier alpha value is -2.08. The molecule has 23 heavy (non-hydrogen) atoms. The summed E-state index contributed by atoms with van der Waals surface area (Å²) in [6.45, 7) is 5.37. The number of hydrogen-bond acceptors (Lipinski definition) is 3. The van der Waals surface area contributed by atoms with Crippen LogP contribution in [0.25, 0.3) is 0 Å². The summed E-state index contributed by atoms with van der Waals surface area (Å²) in [6.07, 6.45) is 2.29. The van der Waals surface area contributed by atoms with Gasteiger partial charge in [0.15, 0.2) is 0 Å². The normalized spacial score (nSPS) is 15.8. The van der Waals surface area contributed by atoms with Gasteiger partial charge in [0.25, 0.3) is 0 Å². The molecular formula is C17H26N4O2. The Bertz CT molecular complexity index is 547. The zero-order valence-electron chi connectivity index (χ0n) is 14.0. The van der Waals surface area contributed by atoms with Gasteiger partial charge in [0, 0.05) is 37.4 Å². The molecule has 0 bridgehead atoms. The topological polar surface area (TPSA) is 64.7 Å². The lowest BCUT2D eigenvalue weighted by Gasteiger charge is -2.21. The van der Waals surface area contributed by atoms with E-state index >= 15 is 0 Å². The number of likely N-dealkylation sites (N-methyl/N-ethyl adjacent to an activating group) is 1. The molecule has 0 aromatic heterocycles. The number of urea groups is 1. The average molecular weight is 318 g/mol. The smallest absolute Gasteiger partial charge is 0.321 e. The highest BCUT2D eigenvalue weighted by molar-refractivity contribution is 5.93. The van der Waals surface area contributed by atoms with Gasteiger partial charge in [0.1, 0.15) is 0 Å². The fraction of sp³-hybridized carbons (Fsp3) is 0.529. The maximum Gasteiger partial charge on any atom is 0.321 e. The van der Waals surface area contributed by atoms with E-state index in [0.717, 1.165) is 39.0 Å². The first-order valence-electron chi connectivity index (χ1n) is 8.23. The standard InChI is InChI=1S/C17H26N4O2/c1-3-6-16(22)18-14-7-4-8-15(13-14)19-17(23)21-10-5-9-20(2)11-12-21/h4,7-8,13H,3,5-6,9-12H2,1-2H3,(H,18,22)(H,19,23). The zero-order chi connectivity index (χ0) is 16.7. The van der Waals surface area contributed by atoms with Gasteiger partial charge in [-0.25, -0.2) is 4.79 Å². The Balaban J connectivity index is 1.94. The molecule has 0 radical (unpaired) electrons. The van der Waals surface area contributed by atoms with Crippen molar-refractivity contribution >= 4 is 23.3 Å². The third-order valence-corrected chi connectivity index (χ3v) is 3.88. The minimum absolute atomic E-state index is 0.00784. The van der Waals surface area contributed by atoms with Crippen molar-refractivity contribution in [2.45, 2.75) is 26.2 Å².